The summed E-state index contributed by atoms with van der Waals surface area (Å²) < 4.78 is 31.7. The van der Waals surface area contributed by atoms with Gasteiger partial charge in [0.1, 0.15) is 17.2 Å². The molecular formula is C15H10F2N2O2. The first-order chi connectivity index (χ1) is 10.1. The molecule has 6 heteroatoms. The second-order valence-corrected chi connectivity index (χ2v) is 4.42. The van der Waals surface area contributed by atoms with Gasteiger partial charge in [-0.25, -0.2) is 8.78 Å². The lowest BCUT2D eigenvalue weighted by atomic mass is 10.2. The summed E-state index contributed by atoms with van der Waals surface area (Å²) in [4.78, 5) is 12.1. The molecule has 106 valence electrons. The SMILES string of the molecule is Nc1c(C(=O)Nc2ccc(F)cc2F)oc2ccccc12. The molecule has 0 bridgehead atoms. The van der Waals surface area contributed by atoms with Crippen molar-refractivity contribution in [2.24, 2.45) is 0 Å². The second-order valence-electron chi connectivity index (χ2n) is 4.42. The summed E-state index contributed by atoms with van der Waals surface area (Å²) in [6.07, 6.45) is 0. The van der Waals surface area contributed by atoms with Gasteiger partial charge in [-0.1, -0.05) is 12.1 Å². The first-order valence-corrected chi connectivity index (χ1v) is 6.09. The predicted octanol–water partition coefficient (Wildman–Crippen LogP) is 3.55. The van der Waals surface area contributed by atoms with E-state index < -0.39 is 17.5 Å². The zero-order chi connectivity index (χ0) is 15.0. The van der Waals surface area contributed by atoms with Gasteiger partial charge in [0.05, 0.1) is 11.4 Å². The van der Waals surface area contributed by atoms with Crippen molar-refractivity contribution in [3.8, 4) is 0 Å². The number of amides is 1. The van der Waals surface area contributed by atoms with Crippen molar-refractivity contribution in [2.75, 3.05) is 11.1 Å². The van der Waals surface area contributed by atoms with Gasteiger partial charge in [0, 0.05) is 11.5 Å². The Balaban J connectivity index is 1.95. The van der Waals surface area contributed by atoms with Crippen LogP contribution in [0.15, 0.2) is 46.9 Å². The summed E-state index contributed by atoms with van der Waals surface area (Å²) in [6, 6.07) is 9.73. The number of hydrogen-bond donors (Lipinski definition) is 2. The summed E-state index contributed by atoms with van der Waals surface area (Å²) in [5.74, 6) is -2.42. The molecule has 0 aliphatic heterocycles. The van der Waals surface area contributed by atoms with Crippen molar-refractivity contribution < 1.29 is 18.0 Å². The number of hydrogen-bond acceptors (Lipinski definition) is 3. The molecule has 2 aromatic carbocycles. The van der Waals surface area contributed by atoms with Crippen molar-refractivity contribution in [1.29, 1.82) is 0 Å². The fourth-order valence-electron chi connectivity index (χ4n) is 2.00. The largest absolute Gasteiger partial charge is 0.449 e. The van der Waals surface area contributed by atoms with Crippen molar-refractivity contribution in [1.82, 2.24) is 0 Å². The minimum atomic E-state index is -0.877. The van der Waals surface area contributed by atoms with E-state index >= 15 is 0 Å². The number of nitrogens with one attached hydrogen (secondary N) is 1. The van der Waals surface area contributed by atoms with E-state index in [9.17, 15) is 13.6 Å². The number of anilines is 2. The topological polar surface area (TPSA) is 68.3 Å². The highest BCUT2D eigenvalue weighted by Gasteiger charge is 2.19. The third kappa shape index (κ3) is 2.31. The number of para-hydroxylation sites is 1. The third-order valence-corrected chi connectivity index (χ3v) is 3.02. The maximum Gasteiger partial charge on any atom is 0.293 e. The van der Waals surface area contributed by atoms with Crippen LogP contribution in [0.3, 0.4) is 0 Å². The Morgan fingerprint density at radius 1 is 1.14 bits per heavy atom. The van der Waals surface area contributed by atoms with E-state index in [0.29, 0.717) is 17.0 Å². The first-order valence-electron chi connectivity index (χ1n) is 6.09. The van der Waals surface area contributed by atoms with Gasteiger partial charge in [0.15, 0.2) is 0 Å². The van der Waals surface area contributed by atoms with E-state index in [2.05, 4.69) is 5.32 Å². The van der Waals surface area contributed by atoms with Gasteiger partial charge in [-0.2, -0.15) is 0 Å². The molecule has 0 spiro atoms. The minimum absolute atomic E-state index is 0.111. The molecule has 0 fully saturated rings. The van der Waals surface area contributed by atoms with Crippen LogP contribution in [0.2, 0.25) is 0 Å². The lowest BCUT2D eigenvalue weighted by molar-refractivity contribution is 0.0999. The van der Waals surface area contributed by atoms with Crippen molar-refractivity contribution in [2.45, 2.75) is 0 Å². The molecule has 4 nitrogen and oxygen atoms in total. The average Bonchev–Trinajstić information content (AvgIpc) is 2.80. The van der Waals surface area contributed by atoms with Gasteiger partial charge < -0.3 is 15.5 Å². The number of nitrogen functional groups attached to an aromatic ring is 1. The molecule has 0 radical (unpaired) electrons. The van der Waals surface area contributed by atoms with Crippen LogP contribution in [0.5, 0.6) is 0 Å². The van der Waals surface area contributed by atoms with Crippen molar-refractivity contribution >= 4 is 28.3 Å². The molecule has 0 atom stereocenters. The Morgan fingerprint density at radius 2 is 1.90 bits per heavy atom. The Kier molecular flexibility index (Phi) is 3.06. The molecule has 0 aliphatic carbocycles. The highest BCUT2D eigenvalue weighted by atomic mass is 19.1. The maximum absolute atomic E-state index is 13.5. The number of halogens is 2. The lowest BCUT2D eigenvalue weighted by Crippen LogP contribution is -2.13. The summed E-state index contributed by atoms with van der Waals surface area (Å²) in [6.45, 7) is 0. The zero-order valence-corrected chi connectivity index (χ0v) is 10.7. The summed E-state index contributed by atoms with van der Waals surface area (Å²) >= 11 is 0. The Bertz CT molecular complexity index is 843. The molecule has 21 heavy (non-hydrogen) atoms. The van der Waals surface area contributed by atoms with Gasteiger partial charge in [0.25, 0.3) is 5.91 Å². The number of fused-ring (bicyclic) bond motifs is 1. The van der Waals surface area contributed by atoms with E-state index in [1.165, 1.54) is 0 Å². The Morgan fingerprint density at radius 3 is 2.62 bits per heavy atom. The van der Waals surface area contributed by atoms with Crippen LogP contribution in [0.25, 0.3) is 11.0 Å². The average molecular weight is 288 g/mol. The van der Waals surface area contributed by atoms with Crippen LogP contribution >= 0.6 is 0 Å². The van der Waals surface area contributed by atoms with Crippen LogP contribution in [0.1, 0.15) is 10.6 Å². The normalized spacial score (nSPS) is 10.8. The number of carbonyl (C=O) groups excluding carboxylic acids is 1. The molecule has 0 saturated heterocycles. The number of benzene rings is 2. The summed E-state index contributed by atoms with van der Waals surface area (Å²) in [5, 5.41) is 2.90. The molecule has 3 N–H and O–H groups in total. The first kappa shape index (κ1) is 13.1. The zero-order valence-electron chi connectivity index (χ0n) is 10.7. The fourth-order valence-corrected chi connectivity index (χ4v) is 2.00. The van der Waals surface area contributed by atoms with E-state index in [0.717, 1.165) is 12.1 Å². The van der Waals surface area contributed by atoms with Gasteiger partial charge in [-0.05, 0) is 24.3 Å². The smallest absolute Gasteiger partial charge is 0.293 e. The monoisotopic (exact) mass is 288 g/mol. The summed E-state index contributed by atoms with van der Waals surface area (Å²) in [7, 11) is 0. The third-order valence-electron chi connectivity index (χ3n) is 3.02. The predicted molar refractivity (Wildman–Crippen MR) is 74.9 cm³/mol. The molecule has 0 saturated carbocycles. The van der Waals surface area contributed by atoms with Crippen LogP contribution in [0, 0.1) is 11.6 Å². The maximum atomic E-state index is 13.5. The standard InChI is InChI=1S/C15H10F2N2O2/c16-8-5-6-11(10(17)7-8)19-15(20)14-13(18)9-3-1-2-4-12(9)21-14/h1-7H,18H2,(H,19,20). The minimum Gasteiger partial charge on any atom is -0.449 e. The van der Waals surface area contributed by atoms with Crippen LogP contribution < -0.4 is 11.1 Å². The van der Waals surface area contributed by atoms with E-state index in [1.807, 2.05) is 0 Å². The molecule has 0 aliphatic rings. The van der Waals surface area contributed by atoms with Gasteiger partial charge >= 0.3 is 0 Å². The van der Waals surface area contributed by atoms with Gasteiger partial charge in [-0.15, -0.1) is 0 Å². The van der Waals surface area contributed by atoms with Crippen LogP contribution in [-0.2, 0) is 0 Å². The lowest BCUT2D eigenvalue weighted by Gasteiger charge is -2.05. The van der Waals surface area contributed by atoms with Crippen LogP contribution in [-0.4, -0.2) is 5.91 Å². The quantitative estimate of drug-likeness (QED) is 0.757. The Hall–Kier alpha value is -2.89. The van der Waals surface area contributed by atoms with E-state index in [4.69, 9.17) is 10.2 Å². The Labute approximate surface area is 118 Å². The molecule has 3 aromatic rings. The van der Waals surface area contributed by atoms with Crippen LogP contribution in [0.4, 0.5) is 20.2 Å². The highest BCUT2D eigenvalue weighted by molar-refractivity contribution is 6.10. The molecule has 1 heterocycles. The van der Waals surface area contributed by atoms with E-state index in [-0.39, 0.29) is 17.1 Å². The number of nitrogens with two attached hydrogens (primary N) is 1. The summed E-state index contributed by atoms with van der Waals surface area (Å²) in [5.41, 5.74) is 6.33. The number of carbonyl (C=O) groups is 1. The van der Waals surface area contributed by atoms with Gasteiger partial charge in [-0.3, -0.25) is 4.79 Å². The second kappa shape index (κ2) is 4.90. The number of furan rings is 1. The van der Waals surface area contributed by atoms with E-state index in [1.54, 1.807) is 24.3 Å². The fraction of sp³-hybridized carbons (Fsp3) is 0. The van der Waals surface area contributed by atoms with Gasteiger partial charge in [0.2, 0.25) is 5.76 Å². The molecule has 1 amide bonds. The molecule has 0 unspecified atom stereocenters. The van der Waals surface area contributed by atoms with Crippen molar-refractivity contribution in [3.63, 3.8) is 0 Å². The molecule has 1 aromatic heterocycles. The highest BCUT2D eigenvalue weighted by Crippen LogP contribution is 2.28. The molecular weight excluding hydrogens is 278 g/mol. The number of rotatable bonds is 2. The molecule has 3 rings (SSSR count). The van der Waals surface area contributed by atoms with Crippen molar-refractivity contribution in [3.05, 3.63) is 59.9 Å².